The fourth-order valence-electron chi connectivity index (χ4n) is 2.36. The topological polar surface area (TPSA) is 85.4 Å². The van der Waals surface area contributed by atoms with E-state index >= 15 is 0 Å². The number of hydrogen-bond donors (Lipinski definition) is 1. The first-order chi connectivity index (χ1) is 9.94. The summed E-state index contributed by atoms with van der Waals surface area (Å²) in [6.07, 6.45) is 1.60. The lowest BCUT2D eigenvalue weighted by Gasteiger charge is -2.34. The summed E-state index contributed by atoms with van der Waals surface area (Å²) in [6.45, 7) is 3.39. The van der Waals surface area contributed by atoms with Gasteiger partial charge in [0.1, 0.15) is 5.37 Å². The quantitative estimate of drug-likeness (QED) is 0.832. The minimum atomic E-state index is -3.10. The molecule has 2 rings (SSSR count). The second kappa shape index (κ2) is 6.85. The highest BCUT2D eigenvalue weighted by Crippen LogP contribution is 2.21. The number of anilines is 1. The summed E-state index contributed by atoms with van der Waals surface area (Å²) in [5.41, 5.74) is 6.09. The van der Waals surface area contributed by atoms with Crippen LogP contribution in [0.2, 0.25) is 0 Å². The summed E-state index contributed by atoms with van der Waals surface area (Å²) in [5.74, 6) is 1.66. The monoisotopic (exact) mass is 331 g/mol. The molecular formula is C13H21N3O3S2. The Bertz CT molecular complexity index is 642. The van der Waals surface area contributed by atoms with Gasteiger partial charge in [-0.2, -0.15) is 11.8 Å². The first-order valence-corrected chi connectivity index (χ1v) is 9.80. The molecule has 0 spiro atoms. The Balaban J connectivity index is 2.10. The Morgan fingerprint density at radius 3 is 2.86 bits per heavy atom. The Morgan fingerprint density at radius 1 is 1.38 bits per heavy atom. The highest BCUT2D eigenvalue weighted by molar-refractivity contribution is 8.01. The zero-order valence-electron chi connectivity index (χ0n) is 12.1. The van der Waals surface area contributed by atoms with Gasteiger partial charge in [-0.1, -0.05) is 6.92 Å². The van der Waals surface area contributed by atoms with Crippen LogP contribution in [0.3, 0.4) is 0 Å². The van der Waals surface area contributed by atoms with Crippen LogP contribution >= 0.6 is 11.8 Å². The second-order valence-corrected chi connectivity index (χ2v) is 8.61. The van der Waals surface area contributed by atoms with Crippen molar-refractivity contribution in [3.05, 3.63) is 28.7 Å². The molecule has 8 heteroatoms. The van der Waals surface area contributed by atoms with Gasteiger partial charge in [-0.3, -0.25) is 9.69 Å². The van der Waals surface area contributed by atoms with E-state index < -0.39 is 15.2 Å². The van der Waals surface area contributed by atoms with E-state index in [1.807, 2.05) is 4.90 Å². The van der Waals surface area contributed by atoms with Crippen molar-refractivity contribution < 1.29 is 8.42 Å². The van der Waals surface area contributed by atoms with Gasteiger partial charge >= 0.3 is 0 Å². The Kier molecular flexibility index (Phi) is 5.34. The predicted molar refractivity (Wildman–Crippen MR) is 87.3 cm³/mol. The van der Waals surface area contributed by atoms with Gasteiger partial charge in [-0.05, 0) is 6.07 Å². The summed E-state index contributed by atoms with van der Waals surface area (Å²) in [5, 5.41) is -0.446. The molecule has 1 aliphatic rings. The van der Waals surface area contributed by atoms with Crippen LogP contribution in [0.25, 0.3) is 0 Å². The number of thioether (sulfide) groups is 1. The first kappa shape index (κ1) is 16.4. The summed E-state index contributed by atoms with van der Waals surface area (Å²) < 4.78 is 25.8. The van der Waals surface area contributed by atoms with E-state index in [1.54, 1.807) is 30.9 Å². The summed E-state index contributed by atoms with van der Waals surface area (Å²) in [4.78, 5) is 13.7. The van der Waals surface area contributed by atoms with Gasteiger partial charge in [0.25, 0.3) is 5.56 Å². The van der Waals surface area contributed by atoms with Gasteiger partial charge < -0.3 is 10.3 Å². The van der Waals surface area contributed by atoms with Crippen LogP contribution < -0.4 is 11.3 Å². The maximum absolute atomic E-state index is 12.2. The molecule has 0 aromatic carbocycles. The van der Waals surface area contributed by atoms with E-state index in [0.29, 0.717) is 24.5 Å². The molecule has 0 bridgehead atoms. The molecule has 118 valence electrons. The van der Waals surface area contributed by atoms with E-state index in [-0.39, 0.29) is 11.3 Å². The normalized spacial score (nSPS) is 20.5. The smallest absolute Gasteiger partial charge is 0.250 e. The van der Waals surface area contributed by atoms with Gasteiger partial charge in [0.15, 0.2) is 9.84 Å². The molecular weight excluding hydrogens is 310 g/mol. The van der Waals surface area contributed by atoms with Gasteiger partial charge in [0.2, 0.25) is 0 Å². The van der Waals surface area contributed by atoms with Gasteiger partial charge in [-0.15, -0.1) is 0 Å². The van der Waals surface area contributed by atoms with Crippen molar-refractivity contribution in [3.63, 3.8) is 0 Å². The van der Waals surface area contributed by atoms with Crippen molar-refractivity contribution in [2.75, 3.05) is 36.1 Å². The van der Waals surface area contributed by atoms with Crippen LogP contribution in [0.15, 0.2) is 23.1 Å². The van der Waals surface area contributed by atoms with Crippen LogP contribution in [-0.2, 0) is 16.4 Å². The van der Waals surface area contributed by atoms with Crippen molar-refractivity contribution in [1.82, 2.24) is 9.47 Å². The number of nitrogens with two attached hydrogens (primary N) is 1. The molecule has 1 fully saturated rings. The van der Waals surface area contributed by atoms with Crippen LogP contribution in [0.4, 0.5) is 5.69 Å². The third kappa shape index (κ3) is 4.02. The van der Waals surface area contributed by atoms with E-state index in [9.17, 15) is 13.2 Å². The number of nitrogens with zero attached hydrogens (tertiary/aromatic N) is 2. The molecule has 1 aromatic rings. The van der Waals surface area contributed by atoms with E-state index in [2.05, 4.69) is 0 Å². The van der Waals surface area contributed by atoms with Gasteiger partial charge in [0, 0.05) is 54.8 Å². The molecule has 1 unspecified atom stereocenters. The zero-order valence-corrected chi connectivity index (χ0v) is 13.7. The Hall–Kier alpha value is -0.990. The number of aromatic nitrogens is 1. The number of nitrogen functional groups attached to an aromatic ring is 1. The summed E-state index contributed by atoms with van der Waals surface area (Å²) >= 11 is 1.67. The average Bonchev–Trinajstić information content (AvgIpc) is 2.48. The molecule has 0 saturated carbocycles. The summed E-state index contributed by atoms with van der Waals surface area (Å²) in [7, 11) is -3.10. The molecule has 2 heterocycles. The number of pyridine rings is 1. The first-order valence-electron chi connectivity index (χ1n) is 6.93. The molecule has 0 aliphatic carbocycles. The number of sulfone groups is 1. The minimum Gasteiger partial charge on any atom is -0.398 e. The second-order valence-electron chi connectivity index (χ2n) is 5.01. The van der Waals surface area contributed by atoms with Crippen LogP contribution in [0, 0.1) is 0 Å². The molecule has 1 aliphatic heterocycles. The zero-order chi connectivity index (χ0) is 15.5. The fraction of sp³-hybridized carbons (Fsp3) is 0.615. The van der Waals surface area contributed by atoms with Gasteiger partial charge in [0.05, 0.1) is 0 Å². The largest absolute Gasteiger partial charge is 0.398 e. The minimum absolute atomic E-state index is 0.120. The maximum atomic E-state index is 12.2. The van der Waals surface area contributed by atoms with Crippen molar-refractivity contribution >= 4 is 27.3 Å². The molecule has 6 nitrogen and oxygen atoms in total. The van der Waals surface area contributed by atoms with Crippen LogP contribution in [-0.4, -0.2) is 53.6 Å². The Morgan fingerprint density at radius 2 is 2.14 bits per heavy atom. The van der Waals surface area contributed by atoms with Crippen molar-refractivity contribution in [2.24, 2.45) is 0 Å². The third-order valence-electron chi connectivity index (χ3n) is 3.64. The van der Waals surface area contributed by atoms with E-state index in [4.69, 9.17) is 5.73 Å². The van der Waals surface area contributed by atoms with Crippen LogP contribution in [0.1, 0.15) is 6.92 Å². The standard InChI is InChI=1S/C13H21N3O3S2/c1-2-21(18,19)13-10-20-8-7-15(13)5-6-16-9-11(14)3-4-12(16)17/h3-4,9,13H,2,5-8,10,14H2,1H3. The lowest BCUT2D eigenvalue weighted by Crippen LogP contribution is -2.49. The maximum Gasteiger partial charge on any atom is 0.250 e. The molecule has 1 saturated heterocycles. The van der Waals surface area contributed by atoms with Crippen molar-refractivity contribution in [3.8, 4) is 0 Å². The number of rotatable bonds is 5. The van der Waals surface area contributed by atoms with Gasteiger partial charge in [-0.25, -0.2) is 8.42 Å². The summed E-state index contributed by atoms with van der Waals surface area (Å²) in [6, 6.07) is 3.00. The predicted octanol–water partition coefficient (Wildman–Crippen LogP) is 0.240. The van der Waals surface area contributed by atoms with Crippen LogP contribution in [0.5, 0.6) is 0 Å². The van der Waals surface area contributed by atoms with E-state index in [0.717, 1.165) is 12.3 Å². The highest BCUT2D eigenvalue weighted by atomic mass is 32.2. The molecule has 21 heavy (non-hydrogen) atoms. The third-order valence-corrected chi connectivity index (χ3v) is 6.97. The van der Waals surface area contributed by atoms with E-state index in [1.165, 1.54) is 10.6 Å². The average molecular weight is 331 g/mol. The SMILES string of the molecule is CCS(=O)(=O)C1CSCCN1CCn1cc(N)ccc1=O. The molecule has 2 N–H and O–H groups in total. The molecule has 1 aromatic heterocycles. The van der Waals surface area contributed by atoms with Crippen molar-refractivity contribution in [1.29, 1.82) is 0 Å². The Labute approximate surface area is 129 Å². The molecule has 0 amide bonds. The molecule has 1 atom stereocenters. The number of hydrogen-bond acceptors (Lipinski definition) is 6. The lowest BCUT2D eigenvalue weighted by atomic mass is 10.4. The molecule has 0 radical (unpaired) electrons. The lowest BCUT2D eigenvalue weighted by molar-refractivity contribution is 0.258. The van der Waals surface area contributed by atoms with Crippen molar-refractivity contribution in [2.45, 2.75) is 18.8 Å². The fourth-order valence-corrected chi connectivity index (χ4v) is 5.47. The highest BCUT2D eigenvalue weighted by Gasteiger charge is 2.32.